The number of aryl methyl sites for hydroxylation is 2. The van der Waals surface area contributed by atoms with Gasteiger partial charge in [-0.3, -0.25) is 9.59 Å². The lowest BCUT2D eigenvalue weighted by Crippen LogP contribution is -2.19. The zero-order chi connectivity index (χ0) is 11.9. The van der Waals surface area contributed by atoms with Gasteiger partial charge in [-0.15, -0.1) is 0 Å². The van der Waals surface area contributed by atoms with Crippen LogP contribution in [0.2, 0.25) is 0 Å². The number of rotatable bonds is 1. The highest BCUT2D eigenvalue weighted by molar-refractivity contribution is 6.24. The van der Waals surface area contributed by atoms with E-state index in [0.29, 0.717) is 11.1 Å². The van der Waals surface area contributed by atoms with Crippen molar-refractivity contribution in [2.75, 3.05) is 7.11 Å². The van der Waals surface area contributed by atoms with E-state index in [-0.39, 0.29) is 17.3 Å². The number of carbonyl (C=O) groups is 2. The molecule has 82 valence electrons. The molecule has 0 aromatic heterocycles. The first-order valence-corrected chi connectivity index (χ1v) is 5.00. The summed E-state index contributed by atoms with van der Waals surface area (Å²) < 4.78 is 4.90. The van der Waals surface area contributed by atoms with Gasteiger partial charge in [0.1, 0.15) is 0 Å². The first-order valence-electron chi connectivity index (χ1n) is 5.00. The van der Waals surface area contributed by atoms with Crippen molar-refractivity contribution in [2.24, 2.45) is 0 Å². The molecule has 1 aliphatic carbocycles. The molecule has 3 nitrogen and oxygen atoms in total. The Morgan fingerprint density at radius 2 is 1.81 bits per heavy atom. The van der Waals surface area contributed by atoms with Crippen molar-refractivity contribution in [3.8, 4) is 0 Å². The van der Waals surface area contributed by atoms with Gasteiger partial charge in [-0.05, 0) is 25.5 Å². The summed E-state index contributed by atoms with van der Waals surface area (Å²) >= 11 is 0. The molecule has 2 rings (SSSR count). The molecule has 1 aromatic carbocycles. The number of hydrogen-bond acceptors (Lipinski definition) is 3. The minimum absolute atomic E-state index is 0.113. The summed E-state index contributed by atoms with van der Waals surface area (Å²) in [4.78, 5) is 23.8. The maximum Gasteiger partial charge on any atom is 0.228 e. The van der Waals surface area contributed by atoms with E-state index in [2.05, 4.69) is 0 Å². The molecule has 0 N–H and O–H groups in total. The predicted molar refractivity (Wildman–Crippen MR) is 59.7 cm³/mol. The third-order valence-corrected chi connectivity index (χ3v) is 2.68. The molecule has 16 heavy (non-hydrogen) atoms. The Labute approximate surface area is 93.7 Å². The van der Waals surface area contributed by atoms with Crippen LogP contribution in [0, 0.1) is 13.8 Å². The Morgan fingerprint density at radius 1 is 1.12 bits per heavy atom. The highest BCUT2D eigenvalue weighted by atomic mass is 16.5. The van der Waals surface area contributed by atoms with Crippen LogP contribution < -0.4 is 0 Å². The topological polar surface area (TPSA) is 43.4 Å². The molecular formula is C13H12O3. The molecule has 0 saturated carbocycles. The lowest BCUT2D eigenvalue weighted by atomic mass is 9.88. The van der Waals surface area contributed by atoms with Crippen molar-refractivity contribution >= 4 is 11.6 Å². The van der Waals surface area contributed by atoms with Gasteiger partial charge in [0.15, 0.2) is 11.5 Å². The fraction of sp³-hybridized carbons (Fsp3) is 0.231. The molecule has 0 heterocycles. The smallest absolute Gasteiger partial charge is 0.228 e. The van der Waals surface area contributed by atoms with Gasteiger partial charge in [0.25, 0.3) is 0 Å². The predicted octanol–water partition coefficient (Wildman–Crippen LogP) is 2.21. The maximum atomic E-state index is 12.0. The van der Waals surface area contributed by atoms with Gasteiger partial charge in [-0.1, -0.05) is 11.6 Å². The zero-order valence-electron chi connectivity index (χ0n) is 9.46. The lowest BCUT2D eigenvalue weighted by molar-refractivity contribution is 0.0916. The van der Waals surface area contributed by atoms with Crippen LogP contribution in [-0.2, 0) is 4.74 Å². The van der Waals surface area contributed by atoms with E-state index in [9.17, 15) is 9.59 Å². The number of methoxy groups -OCH3 is 1. The second-order valence-electron chi connectivity index (χ2n) is 3.91. The van der Waals surface area contributed by atoms with Crippen molar-refractivity contribution in [3.63, 3.8) is 0 Å². The molecular weight excluding hydrogens is 204 g/mol. The second kappa shape index (κ2) is 3.59. The molecule has 3 heteroatoms. The molecule has 0 atom stereocenters. The van der Waals surface area contributed by atoms with Gasteiger partial charge in [-0.25, -0.2) is 0 Å². The monoisotopic (exact) mass is 216 g/mol. The molecule has 0 amide bonds. The quantitative estimate of drug-likeness (QED) is 0.722. The Hall–Kier alpha value is -1.90. The summed E-state index contributed by atoms with van der Waals surface area (Å²) in [6, 6.07) is 3.63. The number of Topliss-reactive ketones (excluding diaryl/α,β-unsaturated/α-hetero) is 1. The molecule has 0 fully saturated rings. The van der Waals surface area contributed by atoms with Gasteiger partial charge in [0.2, 0.25) is 5.78 Å². The SMILES string of the molecule is COC1=CC(=O)c2c(C)cc(C)cc2C1=O. The van der Waals surface area contributed by atoms with E-state index in [1.165, 1.54) is 13.2 Å². The first kappa shape index (κ1) is 10.6. The first-order chi connectivity index (χ1) is 7.54. The van der Waals surface area contributed by atoms with Gasteiger partial charge < -0.3 is 4.74 Å². The van der Waals surface area contributed by atoms with Crippen molar-refractivity contribution in [3.05, 3.63) is 46.2 Å². The van der Waals surface area contributed by atoms with Gasteiger partial charge in [-0.2, -0.15) is 0 Å². The average Bonchev–Trinajstić information content (AvgIpc) is 2.22. The van der Waals surface area contributed by atoms with Crippen LogP contribution in [0.4, 0.5) is 0 Å². The van der Waals surface area contributed by atoms with Gasteiger partial charge >= 0.3 is 0 Å². The van der Waals surface area contributed by atoms with E-state index >= 15 is 0 Å². The molecule has 0 aliphatic heterocycles. The number of fused-ring (bicyclic) bond motifs is 1. The van der Waals surface area contributed by atoms with Gasteiger partial charge in [0.05, 0.1) is 7.11 Å². The Kier molecular flexibility index (Phi) is 2.38. The van der Waals surface area contributed by atoms with Crippen LogP contribution in [0.25, 0.3) is 0 Å². The van der Waals surface area contributed by atoms with Crippen molar-refractivity contribution in [1.82, 2.24) is 0 Å². The average molecular weight is 216 g/mol. The molecule has 0 spiro atoms. The molecule has 0 saturated heterocycles. The Morgan fingerprint density at radius 3 is 2.44 bits per heavy atom. The number of hydrogen-bond donors (Lipinski definition) is 0. The van der Waals surface area contributed by atoms with Crippen LogP contribution in [0.3, 0.4) is 0 Å². The van der Waals surface area contributed by atoms with E-state index in [0.717, 1.165) is 11.1 Å². The number of benzene rings is 1. The lowest BCUT2D eigenvalue weighted by Gasteiger charge is -2.16. The summed E-state index contributed by atoms with van der Waals surface area (Å²) in [6.07, 6.45) is 1.26. The van der Waals surface area contributed by atoms with Crippen LogP contribution >= 0.6 is 0 Å². The second-order valence-corrected chi connectivity index (χ2v) is 3.91. The van der Waals surface area contributed by atoms with Crippen molar-refractivity contribution in [1.29, 1.82) is 0 Å². The van der Waals surface area contributed by atoms with Crippen molar-refractivity contribution < 1.29 is 14.3 Å². The molecule has 1 aliphatic rings. The number of carbonyl (C=O) groups excluding carboxylic acids is 2. The van der Waals surface area contributed by atoms with E-state index in [4.69, 9.17) is 4.74 Å². The maximum absolute atomic E-state index is 12.0. The molecule has 0 bridgehead atoms. The van der Waals surface area contributed by atoms with E-state index < -0.39 is 0 Å². The molecule has 0 radical (unpaired) electrons. The van der Waals surface area contributed by atoms with Crippen LogP contribution in [0.5, 0.6) is 0 Å². The minimum atomic E-state index is -0.219. The zero-order valence-corrected chi connectivity index (χ0v) is 9.46. The molecule has 0 unspecified atom stereocenters. The number of ether oxygens (including phenoxy) is 1. The fourth-order valence-corrected chi connectivity index (χ4v) is 2.01. The standard InChI is InChI=1S/C13H12O3/c1-7-4-8(2)12-9(5-7)13(15)11(16-3)6-10(12)14/h4-6H,1-3H3. The third kappa shape index (κ3) is 1.45. The number of ketones is 2. The van der Waals surface area contributed by atoms with Crippen LogP contribution in [-0.4, -0.2) is 18.7 Å². The summed E-state index contributed by atoms with van der Waals surface area (Å²) in [6.45, 7) is 3.73. The Balaban J connectivity index is 2.71. The Bertz CT molecular complexity index is 524. The third-order valence-electron chi connectivity index (χ3n) is 2.68. The van der Waals surface area contributed by atoms with Crippen molar-refractivity contribution in [2.45, 2.75) is 13.8 Å². The minimum Gasteiger partial charge on any atom is -0.492 e. The van der Waals surface area contributed by atoms with Gasteiger partial charge in [0, 0.05) is 17.2 Å². The summed E-state index contributed by atoms with van der Waals surface area (Å²) in [5.41, 5.74) is 2.74. The number of allylic oxidation sites excluding steroid dienone is 2. The largest absolute Gasteiger partial charge is 0.492 e. The highest BCUT2D eigenvalue weighted by Gasteiger charge is 2.27. The van der Waals surface area contributed by atoms with Crippen LogP contribution in [0.15, 0.2) is 24.0 Å². The normalized spacial score (nSPS) is 14.6. The summed E-state index contributed by atoms with van der Waals surface area (Å²) in [5.74, 6) is -0.268. The fourth-order valence-electron chi connectivity index (χ4n) is 2.01. The highest BCUT2D eigenvalue weighted by Crippen LogP contribution is 2.25. The summed E-state index contributed by atoms with van der Waals surface area (Å²) in [7, 11) is 1.39. The van der Waals surface area contributed by atoms with Crippen LogP contribution in [0.1, 0.15) is 31.8 Å². The van der Waals surface area contributed by atoms with E-state index in [1.54, 1.807) is 6.07 Å². The molecule has 1 aromatic rings. The van der Waals surface area contributed by atoms with E-state index in [1.807, 2.05) is 19.9 Å². The summed E-state index contributed by atoms with van der Waals surface area (Å²) in [5, 5.41) is 0.